The van der Waals surface area contributed by atoms with Crippen LogP contribution in [0.2, 0.25) is 0 Å². The quantitative estimate of drug-likeness (QED) is 0.256. The molecule has 0 unspecified atom stereocenters. The minimum Gasteiger partial charge on any atom is -0.490 e. The summed E-state index contributed by atoms with van der Waals surface area (Å²) in [5, 5.41) is 0. The van der Waals surface area contributed by atoms with Crippen LogP contribution in [0.3, 0.4) is 0 Å². The largest absolute Gasteiger partial charge is 0.490 e. The molecule has 0 bridgehead atoms. The Morgan fingerprint density at radius 2 is 1.71 bits per heavy atom. The van der Waals surface area contributed by atoms with Gasteiger partial charge in [-0.3, -0.25) is 4.79 Å². The Morgan fingerprint density at radius 1 is 1.00 bits per heavy atom. The van der Waals surface area contributed by atoms with Crippen molar-refractivity contribution < 1.29 is 9.47 Å². The standard InChI is InChI=1S/C28H25BrN2O3S/c1-5-33-24-12-20(21(29)14-25(24)34-15-19-8-6-16(2)7-9-19)13-26-27(32)31-23-11-18(4)17(3)10-22(23)30-28(31)35-26/h6-14H,5,15H2,1-4H3/b26-13-. The SMILES string of the molecule is CCOc1cc(/C=c2\sc3nc4cc(C)c(C)cc4n3c2=O)c(Br)cc1OCc1ccc(C)cc1. The normalized spacial score (nSPS) is 12.1. The molecule has 178 valence electrons. The molecule has 0 aliphatic rings. The molecule has 5 aromatic rings. The number of imidazole rings is 1. The Labute approximate surface area is 215 Å². The lowest BCUT2D eigenvalue weighted by molar-refractivity contribution is 0.269. The van der Waals surface area contributed by atoms with Crippen molar-refractivity contribution in [1.29, 1.82) is 0 Å². The molecule has 0 radical (unpaired) electrons. The monoisotopic (exact) mass is 548 g/mol. The van der Waals surface area contributed by atoms with Crippen molar-refractivity contribution in [3.05, 3.63) is 95.7 Å². The van der Waals surface area contributed by atoms with Crippen molar-refractivity contribution >= 4 is 49.3 Å². The zero-order valence-corrected chi connectivity index (χ0v) is 22.4. The van der Waals surface area contributed by atoms with Crippen LogP contribution in [-0.2, 0) is 6.61 Å². The molecule has 0 amide bonds. The highest BCUT2D eigenvalue weighted by molar-refractivity contribution is 9.10. The predicted octanol–water partition coefficient (Wildman–Crippen LogP) is 6.12. The van der Waals surface area contributed by atoms with Gasteiger partial charge in [0, 0.05) is 4.47 Å². The van der Waals surface area contributed by atoms with Crippen LogP contribution in [0.5, 0.6) is 11.5 Å². The highest BCUT2D eigenvalue weighted by Gasteiger charge is 2.14. The van der Waals surface area contributed by atoms with Crippen LogP contribution >= 0.6 is 27.3 Å². The van der Waals surface area contributed by atoms with Crippen LogP contribution in [0.15, 0.2) is 57.8 Å². The van der Waals surface area contributed by atoms with E-state index in [-0.39, 0.29) is 5.56 Å². The Kier molecular flexibility index (Phi) is 6.38. The van der Waals surface area contributed by atoms with E-state index in [0.29, 0.717) is 34.2 Å². The van der Waals surface area contributed by atoms with E-state index in [1.165, 1.54) is 22.5 Å². The molecule has 5 nitrogen and oxygen atoms in total. The maximum Gasteiger partial charge on any atom is 0.274 e. The van der Waals surface area contributed by atoms with E-state index in [1.54, 1.807) is 4.40 Å². The Morgan fingerprint density at radius 3 is 2.46 bits per heavy atom. The molecule has 7 heteroatoms. The fourth-order valence-corrected chi connectivity index (χ4v) is 5.36. The fourth-order valence-electron chi connectivity index (χ4n) is 3.95. The molecule has 0 atom stereocenters. The maximum atomic E-state index is 13.3. The first-order chi connectivity index (χ1) is 16.8. The average molecular weight is 549 g/mol. The van der Waals surface area contributed by atoms with Crippen molar-refractivity contribution in [2.24, 2.45) is 0 Å². The van der Waals surface area contributed by atoms with Gasteiger partial charge >= 0.3 is 0 Å². The van der Waals surface area contributed by atoms with E-state index in [0.717, 1.165) is 32.2 Å². The highest BCUT2D eigenvalue weighted by Crippen LogP contribution is 2.35. The molecule has 35 heavy (non-hydrogen) atoms. The first-order valence-electron chi connectivity index (χ1n) is 11.4. The molecule has 0 spiro atoms. The summed E-state index contributed by atoms with van der Waals surface area (Å²) in [7, 11) is 0. The summed E-state index contributed by atoms with van der Waals surface area (Å²) in [5.74, 6) is 1.29. The van der Waals surface area contributed by atoms with E-state index in [1.807, 2.05) is 44.2 Å². The molecule has 2 aromatic heterocycles. The summed E-state index contributed by atoms with van der Waals surface area (Å²) in [6.07, 6.45) is 1.88. The van der Waals surface area contributed by atoms with E-state index in [2.05, 4.69) is 59.0 Å². The Balaban J connectivity index is 1.54. The predicted molar refractivity (Wildman–Crippen MR) is 146 cm³/mol. The molecule has 5 rings (SSSR count). The van der Waals surface area contributed by atoms with Crippen molar-refractivity contribution in [2.45, 2.75) is 34.3 Å². The van der Waals surface area contributed by atoms with E-state index >= 15 is 0 Å². The number of benzene rings is 3. The lowest BCUT2D eigenvalue weighted by atomic mass is 10.1. The van der Waals surface area contributed by atoms with Gasteiger partial charge in [0.2, 0.25) is 0 Å². The second-order valence-corrected chi connectivity index (χ2v) is 10.5. The van der Waals surface area contributed by atoms with Crippen LogP contribution in [-0.4, -0.2) is 16.0 Å². The van der Waals surface area contributed by atoms with Gasteiger partial charge in [0.15, 0.2) is 16.5 Å². The van der Waals surface area contributed by atoms with Crippen LogP contribution in [0.1, 0.15) is 34.7 Å². The molecule has 0 N–H and O–H groups in total. The van der Waals surface area contributed by atoms with Gasteiger partial charge in [0.1, 0.15) is 6.61 Å². The van der Waals surface area contributed by atoms with Gasteiger partial charge in [-0.05, 0) is 80.3 Å². The summed E-state index contributed by atoms with van der Waals surface area (Å²) in [6, 6.07) is 16.1. The smallest absolute Gasteiger partial charge is 0.274 e. The van der Waals surface area contributed by atoms with Gasteiger partial charge in [0.05, 0.1) is 22.2 Å². The zero-order valence-electron chi connectivity index (χ0n) is 20.0. The summed E-state index contributed by atoms with van der Waals surface area (Å²) >= 11 is 5.04. The summed E-state index contributed by atoms with van der Waals surface area (Å²) in [5.41, 5.74) is 7.06. The van der Waals surface area contributed by atoms with Gasteiger partial charge < -0.3 is 9.47 Å². The third kappa shape index (κ3) is 4.58. The van der Waals surface area contributed by atoms with E-state index < -0.39 is 0 Å². The van der Waals surface area contributed by atoms with Crippen molar-refractivity contribution in [3.8, 4) is 11.5 Å². The number of ether oxygens (including phenoxy) is 2. The minimum absolute atomic E-state index is 0.0692. The highest BCUT2D eigenvalue weighted by atomic mass is 79.9. The number of thiazole rings is 1. The van der Waals surface area contributed by atoms with Crippen LogP contribution < -0.4 is 19.6 Å². The first kappa shape index (κ1) is 23.6. The van der Waals surface area contributed by atoms with Crippen LogP contribution in [0, 0.1) is 20.8 Å². The van der Waals surface area contributed by atoms with E-state index in [9.17, 15) is 4.79 Å². The topological polar surface area (TPSA) is 52.8 Å². The van der Waals surface area contributed by atoms with Gasteiger partial charge in [-0.25, -0.2) is 9.38 Å². The molecule has 3 aromatic carbocycles. The fraction of sp³-hybridized carbons (Fsp3) is 0.214. The Bertz CT molecular complexity index is 1670. The summed E-state index contributed by atoms with van der Waals surface area (Å²) in [6.45, 7) is 9.05. The van der Waals surface area contributed by atoms with E-state index in [4.69, 9.17) is 9.47 Å². The zero-order chi connectivity index (χ0) is 24.7. The maximum absolute atomic E-state index is 13.3. The average Bonchev–Trinajstić information content (AvgIpc) is 3.32. The molecule has 0 fully saturated rings. The molecule has 0 aliphatic carbocycles. The Hall–Kier alpha value is -3.16. The van der Waals surface area contributed by atoms with Crippen LogP contribution in [0.25, 0.3) is 22.1 Å². The molecule has 0 saturated carbocycles. The first-order valence-corrected chi connectivity index (χ1v) is 13.0. The number of hydrogen-bond acceptors (Lipinski definition) is 5. The van der Waals surface area contributed by atoms with Crippen LogP contribution in [0.4, 0.5) is 0 Å². The number of halogens is 1. The van der Waals surface area contributed by atoms with Crippen molar-refractivity contribution in [1.82, 2.24) is 9.38 Å². The third-order valence-corrected chi connectivity index (χ3v) is 7.67. The number of aromatic nitrogens is 2. The molecule has 0 aliphatic heterocycles. The lowest BCUT2D eigenvalue weighted by Crippen LogP contribution is -2.22. The number of fused-ring (bicyclic) bond motifs is 3. The minimum atomic E-state index is -0.0692. The molecule has 2 heterocycles. The number of rotatable bonds is 6. The molecule has 0 saturated heterocycles. The van der Waals surface area contributed by atoms with Gasteiger partial charge in [0.25, 0.3) is 5.56 Å². The lowest BCUT2D eigenvalue weighted by Gasteiger charge is -2.14. The second kappa shape index (κ2) is 9.47. The van der Waals surface area contributed by atoms with Crippen molar-refractivity contribution in [2.75, 3.05) is 6.61 Å². The number of nitrogens with zero attached hydrogens (tertiary/aromatic N) is 2. The third-order valence-electron chi connectivity index (χ3n) is 6.02. The number of hydrogen-bond donors (Lipinski definition) is 0. The van der Waals surface area contributed by atoms with Crippen molar-refractivity contribution in [3.63, 3.8) is 0 Å². The summed E-state index contributed by atoms with van der Waals surface area (Å²) in [4.78, 5) is 18.7. The van der Waals surface area contributed by atoms with Gasteiger partial charge in [-0.1, -0.05) is 57.1 Å². The van der Waals surface area contributed by atoms with Gasteiger partial charge in [-0.2, -0.15) is 0 Å². The summed E-state index contributed by atoms with van der Waals surface area (Å²) < 4.78 is 15.1. The molecular formula is C28H25BrN2O3S. The second-order valence-electron chi connectivity index (χ2n) is 8.60. The number of aryl methyl sites for hydroxylation is 3. The van der Waals surface area contributed by atoms with Gasteiger partial charge in [-0.15, -0.1) is 0 Å². The molecular weight excluding hydrogens is 524 g/mol.